The van der Waals surface area contributed by atoms with Gasteiger partial charge in [-0.3, -0.25) is 4.79 Å². The van der Waals surface area contributed by atoms with Crippen LogP contribution in [-0.4, -0.2) is 10.4 Å². The predicted octanol–water partition coefficient (Wildman–Crippen LogP) is 5.05. The number of benzene rings is 2. The summed E-state index contributed by atoms with van der Waals surface area (Å²) in [5.74, 6) is 0.0595. The molecule has 0 aliphatic carbocycles. The van der Waals surface area contributed by atoms with Crippen LogP contribution in [0.3, 0.4) is 0 Å². The van der Waals surface area contributed by atoms with Gasteiger partial charge in [-0.15, -0.1) is 0 Å². The highest BCUT2D eigenvalue weighted by molar-refractivity contribution is 6.08. The fourth-order valence-electron chi connectivity index (χ4n) is 2.70. The van der Waals surface area contributed by atoms with Crippen molar-refractivity contribution in [1.82, 2.24) is 4.57 Å². The Bertz CT molecular complexity index is 869. The maximum Gasteiger partial charge on any atom is 0.209 e. The second kappa shape index (κ2) is 7.14. The molecule has 24 heavy (non-hydrogen) atoms. The highest BCUT2D eigenvalue weighted by Gasteiger charge is 2.12. The average molecular weight is 315 g/mol. The molecule has 0 aliphatic rings. The molecule has 2 heteroatoms. The van der Waals surface area contributed by atoms with Crippen LogP contribution < -0.4 is 0 Å². The SMILES string of the molecule is Cc1ccc(C(=O)c2cccn2C/C=C/c2ccccc2C)cc1. The van der Waals surface area contributed by atoms with E-state index in [4.69, 9.17) is 0 Å². The molecule has 2 nitrogen and oxygen atoms in total. The van der Waals surface area contributed by atoms with E-state index in [0.717, 1.165) is 11.1 Å². The highest BCUT2D eigenvalue weighted by atomic mass is 16.1. The van der Waals surface area contributed by atoms with Gasteiger partial charge in [0.1, 0.15) is 0 Å². The Balaban J connectivity index is 1.77. The molecule has 1 aromatic heterocycles. The van der Waals surface area contributed by atoms with Crippen molar-refractivity contribution < 1.29 is 4.79 Å². The second-order valence-corrected chi connectivity index (χ2v) is 6.00. The van der Waals surface area contributed by atoms with Gasteiger partial charge in [-0.1, -0.05) is 66.2 Å². The fourth-order valence-corrected chi connectivity index (χ4v) is 2.70. The second-order valence-electron chi connectivity index (χ2n) is 6.00. The molecule has 0 amide bonds. The quantitative estimate of drug-likeness (QED) is 0.604. The topological polar surface area (TPSA) is 22.0 Å². The normalized spacial score (nSPS) is 11.1. The number of ketones is 1. The van der Waals surface area contributed by atoms with Gasteiger partial charge in [0.05, 0.1) is 5.69 Å². The molecule has 0 aliphatic heterocycles. The molecule has 0 radical (unpaired) electrons. The lowest BCUT2D eigenvalue weighted by molar-refractivity contribution is 0.103. The summed E-state index contributed by atoms with van der Waals surface area (Å²) in [6.45, 7) is 4.79. The number of rotatable bonds is 5. The van der Waals surface area contributed by atoms with E-state index in [2.05, 4.69) is 31.2 Å². The van der Waals surface area contributed by atoms with Crippen molar-refractivity contribution in [3.63, 3.8) is 0 Å². The Labute approximate surface area is 143 Å². The van der Waals surface area contributed by atoms with Crippen LogP contribution in [0.15, 0.2) is 72.9 Å². The Morgan fingerprint density at radius 1 is 0.958 bits per heavy atom. The summed E-state index contributed by atoms with van der Waals surface area (Å²) in [6, 6.07) is 19.8. The van der Waals surface area contributed by atoms with Crippen molar-refractivity contribution in [1.29, 1.82) is 0 Å². The van der Waals surface area contributed by atoms with Crippen LogP contribution in [0.2, 0.25) is 0 Å². The first-order valence-electron chi connectivity index (χ1n) is 8.14. The van der Waals surface area contributed by atoms with E-state index in [-0.39, 0.29) is 5.78 Å². The molecule has 0 saturated carbocycles. The van der Waals surface area contributed by atoms with E-state index in [1.165, 1.54) is 11.1 Å². The largest absolute Gasteiger partial charge is 0.341 e. The van der Waals surface area contributed by atoms with Crippen molar-refractivity contribution in [2.45, 2.75) is 20.4 Å². The molecule has 0 saturated heterocycles. The van der Waals surface area contributed by atoms with Crippen LogP contribution >= 0.6 is 0 Å². The van der Waals surface area contributed by atoms with Crippen LogP contribution in [0.5, 0.6) is 0 Å². The minimum absolute atomic E-state index is 0.0595. The maximum atomic E-state index is 12.7. The number of carbonyl (C=O) groups excluding carboxylic acids is 1. The number of hydrogen-bond acceptors (Lipinski definition) is 1. The van der Waals surface area contributed by atoms with E-state index in [9.17, 15) is 4.79 Å². The zero-order valence-corrected chi connectivity index (χ0v) is 14.1. The molecule has 0 spiro atoms. The van der Waals surface area contributed by atoms with E-state index in [1.54, 1.807) is 0 Å². The molecule has 0 bridgehead atoms. The molecule has 0 fully saturated rings. The van der Waals surface area contributed by atoms with E-state index < -0.39 is 0 Å². The lowest BCUT2D eigenvalue weighted by Gasteiger charge is -2.07. The number of aryl methyl sites for hydroxylation is 2. The van der Waals surface area contributed by atoms with Crippen LogP contribution in [-0.2, 0) is 6.54 Å². The van der Waals surface area contributed by atoms with Gasteiger partial charge in [-0.05, 0) is 37.1 Å². The van der Waals surface area contributed by atoms with Crippen molar-refractivity contribution in [3.8, 4) is 0 Å². The van der Waals surface area contributed by atoms with E-state index in [1.807, 2.05) is 66.2 Å². The van der Waals surface area contributed by atoms with Gasteiger partial charge in [0.2, 0.25) is 5.78 Å². The molecule has 120 valence electrons. The molecular weight excluding hydrogens is 294 g/mol. The number of hydrogen-bond donors (Lipinski definition) is 0. The van der Waals surface area contributed by atoms with Gasteiger partial charge in [-0.25, -0.2) is 0 Å². The van der Waals surface area contributed by atoms with Gasteiger partial charge in [0, 0.05) is 18.3 Å². The van der Waals surface area contributed by atoms with Crippen LogP contribution in [0, 0.1) is 13.8 Å². The van der Waals surface area contributed by atoms with Crippen LogP contribution in [0.1, 0.15) is 32.7 Å². The minimum Gasteiger partial charge on any atom is -0.341 e. The summed E-state index contributed by atoms with van der Waals surface area (Å²) in [5.41, 5.74) is 5.05. The lowest BCUT2D eigenvalue weighted by Crippen LogP contribution is -2.09. The first-order chi connectivity index (χ1) is 11.6. The fraction of sp³-hybridized carbons (Fsp3) is 0.136. The van der Waals surface area contributed by atoms with E-state index >= 15 is 0 Å². The third kappa shape index (κ3) is 3.54. The Morgan fingerprint density at radius 2 is 1.71 bits per heavy atom. The first-order valence-corrected chi connectivity index (χ1v) is 8.14. The Hall–Kier alpha value is -2.87. The standard InChI is InChI=1S/C22H21NO/c1-17-11-13-20(14-12-17)22(24)21-10-6-16-23(21)15-5-9-19-8-4-3-7-18(19)2/h3-14,16H,15H2,1-2H3/b9-5+. The Morgan fingerprint density at radius 3 is 2.46 bits per heavy atom. The average Bonchev–Trinajstić information content (AvgIpc) is 3.05. The van der Waals surface area contributed by atoms with Crippen molar-refractivity contribution in [2.24, 2.45) is 0 Å². The summed E-state index contributed by atoms with van der Waals surface area (Å²) in [5, 5.41) is 0. The molecular formula is C22H21NO. The zero-order chi connectivity index (χ0) is 16.9. The van der Waals surface area contributed by atoms with Crippen LogP contribution in [0.25, 0.3) is 6.08 Å². The van der Waals surface area contributed by atoms with Gasteiger partial charge < -0.3 is 4.57 Å². The molecule has 2 aromatic carbocycles. The maximum absolute atomic E-state index is 12.7. The predicted molar refractivity (Wildman–Crippen MR) is 99.3 cm³/mol. The first kappa shape index (κ1) is 16.0. The molecule has 1 heterocycles. The smallest absolute Gasteiger partial charge is 0.209 e. The summed E-state index contributed by atoms with van der Waals surface area (Å²) in [7, 11) is 0. The molecule has 0 atom stereocenters. The summed E-state index contributed by atoms with van der Waals surface area (Å²) in [4.78, 5) is 12.7. The molecule has 0 unspecified atom stereocenters. The highest BCUT2D eigenvalue weighted by Crippen LogP contribution is 2.13. The third-order valence-electron chi connectivity index (χ3n) is 4.16. The summed E-state index contributed by atoms with van der Waals surface area (Å²) < 4.78 is 1.98. The van der Waals surface area contributed by atoms with Gasteiger partial charge in [-0.2, -0.15) is 0 Å². The number of allylic oxidation sites excluding steroid dienone is 1. The number of aromatic nitrogens is 1. The van der Waals surface area contributed by atoms with E-state index in [0.29, 0.717) is 12.2 Å². The van der Waals surface area contributed by atoms with Gasteiger partial charge in [0.25, 0.3) is 0 Å². The summed E-state index contributed by atoms with van der Waals surface area (Å²) in [6.07, 6.45) is 6.15. The molecule has 0 N–H and O–H groups in total. The molecule has 3 aromatic rings. The van der Waals surface area contributed by atoms with Crippen molar-refractivity contribution in [3.05, 3.63) is 101 Å². The molecule has 3 rings (SSSR count). The zero-order valence-electron chi connectivity index (χ0n) is 14.1. The van der Waals surface area contributed by atoms with Gasteiger partial charge >= 0.3 is 0 Å². The minimum atomic E-state index is 0.0595. The van der Waals surface area contributed by atoms with Crippen molar-refractivity contribution >= 4 is 11.9 Å². The third-order valence-corrected chi connectivity index (χ3v) is 4.16. The number of carbonyl (C=O) groups is 1. The number of nitrogens with zero attached hydrogens (tertiary/aromatic N) is 1. The lowest BCUT2D eigenvalue weighted by atomic mass is 10.1. The van der Waals surface area contributed by atoms with Gasteiger partial charge in [0.15, 0.2) is 0 Å². The summed E-state index contributed by atoms with van der Waals surface area (Å²) >= 11 is 0. The van der Waals surface area contributed by atoms with Crippen molar-refractivity contribution in [2.75, 3.05) is 0 Å². The Kier molecular flexibility index (Phi) is 4.76. The van der Waals surface area contributed by atoms with Crippen LogP contribution in [0.4, 0.5) is 0 Å². The monoisotopic (exact) mass is 315 g/mol.